The fourth-order valence-electron chi connectivity index (χ4n) is 1.52. The Kier molecular flexibility index (Phi) is 4.07. The molecule has 3 nitrogen and oxygen atoms in total. The molecule has 2 aromatic rings. The first kappa shape index (κ1) is 13.0. The van der Waals surface area contributed by atoms with E-state index in [0.29, 0.717) is 16.0 Å². The predicted octanol–water partition coefficient (Wildman–Crippen LogP) is 3.55. The summed E-state index contributed by atoms with van der Waals surface area (Å²) in [5.41, 5.74) is 1.09. The molecular formula is C14H11F2NO2. The number of nitrogens with zero attached hydrogens (tertiary/aromatic N) is 1. The molecule has 2 rings (SSSR count). The third-order valence-corrected chi connectivity index (χ3v) is 2.38. The lowest BCUT2D eigenvalue weighted by molar-refractivity contribution is -0.354. The van der Waals surface area contributed by atoms with E-state index in [1.807, 2.05) is 6.07 Å². The molecule has 98 valence electrons. The number of rotatable bonds is 4. The first-order valence-corrected chi connectivity index (χ1v) is 5.56. The van der Waals surface area contributed by atoms with Crippen molar-refractivity contribution in [2.75, 3.05) is 0 Å². The highest BCUT2D eigenvalue weighted by Crippen LogP contribution is 2.15. The summed E-state index contributed by atoms with van der Waals surface area (Å²) in [4.78, 5) is 0. The molecule has 0 saturated heterocycles. The normalized spacial score (nSPS) is 11.6. The highest BCUT2D eigenvalue weighted by atomic mass is 19.3. The lowest BCUT2D eigenvalue weighted by Gasteiger charge is -2.04. The van der Waals surface area contributed by atoms with Gasteiger partial charge in [-0.25, -0.2) is 0 Å². The molecule has 0 N–H and O–H groups in total. The molecule has 0 aromatic heterocycles. The Morgan fingerprint density at radius 2 is 1.63 bits per heavy atom. The largest absolute Gasteiger partial charge is 0.618 e. The maximum Gasteiger partial charge on any atom is 0.387 e. The molecule has 0 atom stereocenters. The van der Waals surface area contributed by atoms with Crippen LogP contribution in [0.1, 0.15) is 5.56 Å². The number of ether oxygens (including phenoxy) is 1. The fourth-order valence-corrected chi connectivity index (χ4v) is 1.52. The first-order chi connectivity index (χ1) is 9.15. The van der Waals surface area contributed by atoms with Gasteiger partial charge in [0.25, 0.3) is 0 Å². The average molecular weight is 263 g/mol. The molecule has 0 aliphatic carbocycles. The summed E-state index contributed by atoms with van der Waals surface area (Å²) >= 11 is 0. The van der Waals surface area contributed by atoms with Gasteiger partial charge in [-0.2, -0.15) is 13.5 Å². The molecule has 0 saturated carbocycles. The summed E-state index contributed by atoms with van der Waals surface area (Å²) in [7, 11) is 0. The van der Waals surface area contributed by atoms with E-state index in [-0.39, 0.29) is 5.75 Å². The second kappa shape index (κ2) is 5.95. The van der Waals surface area contributed by atoms with Crippen LogP contribution in [-0.4, -0.2) is 17.6 Å². The number of halogens is 2. The van der Waals surface area contributed by atoms with Crippen LogP contribution in [0.2, 0.25) is 0 Å². The Morgan fingerprint density at radius 3 is 2.21 bits per heavy atom. The molecule has 0 aliphatic heterocycles. The van der Waals surface area contributed by atoms with E-state index in [1.165, 1.54) is 30.5 Å². The van der Waals surface area contributed by atoms with Crippen LogP contribution in [0.4, 0.5) is 14.5 Å². The SMILES string of the molecule is [O-][N+](=Cc1ccc(OC(F)F)cc1)c1ccccc1. The van der Waals surface area contributed by atoms with Crippen molar-refractivity contribution in [3.05, 3.63) is 65.4 Å². The minimum atomic E-state index is -2.85. The van der Waals surface area contributed by atoms with E-state index >= 15 is 0 Å². The van der Waals surface area contributed by atoms with Gasteiger partial charge in [0.05, 0.1) is 0 Å². The van der Waals surface area contributed by atoms with Crippen molar-refractivity contribution in [2.24, 2.45) is 0 Å². The molecule has 2 aromatic carbocycles. The van der Waals surface area contributed by atoms with Gasteiger partial charge in [-0.3, -0.25) is 0 Å². The summed E-state index contributed by atoms with van der Waals surface area (Å²) in [6.07, 6.45) is 1.36. The average Bonchev–Trinajstić information content (AvgIpc) is 2.41. The maximum absolute atomic E-state index is 12.0. The van der Waals surface area contributed by atoms with E-state index in [9.17, 15) is 14.0 Å². The van der Waals surface area contributed by atoms with Crippen LogP contribution < -0.4 is 4.74 Å². The van der Waals surface area contributed by atoms with Crippen molar-refractivity contribution in [1.29, 1.82) is 0 Å². The van der Waals surface area contributed by atoms with Gasteiger partial charge in [-0.15, -0.1) is 0 Å². The summed E-state index contributed by atoms with van der Waals surface area (Å²) in [6, 6.07) is 14.5. The summed E-state index contributed by atoms with van der Waals surface area (Å²) in [5, 5.41) is 11.8. The lowest BCUT2D eigenvalue weighted by atomic mass is 10.2. The zero-order chi connectivity index (χ0) is 13.7. The van der Waals surface area contributed by atoms with E-state index in [0.717, 1.165) is 0 Å². The van der Waals surface area contributed by atoms with Gasteiger partial charge in [0.2, 0.25) is 5.69 Å². The number of hydrogen-bond donors (Lipinski definition) is 0. The van der Waals surface area contributed by atoms with Crippen LogP contribution in [0.25, 0.3) is 0 Å². The molecule has 0 spiro atoms. The molecule has 0 bridgehead atoms. The van der Waals surface area contributed by atoms with Crippen molar-refractivity contribution in [3.63, 3.8) is 0 Å². The van der Waals surface area contributed by atoms with Crippen molar-refractivity contribution >= 4 is 11.9 Å². The molecule has 0 fully saturated rings. The van der Waals surface area contributed by atoms with Gasteiger partial charge < -0.3 is 9.94 Å². The first-order valence-electron chi connectivity index (χ1n) is 5.56. The Balaban J connectivity index is 2.15. The highest BCUT2D eigenvalue weighted by molar-refractivity contribution is 5.76. The number of para-hydroxylation sites is 1. The summed E-state index contributed by atoms with van der Waals surface area (Å²) < 4.78 is 28.9. The summed E-state index contributed by atoms with van der Waals surface area (Å²) in [6.45, 7) is -2.85. The smallest absolute Gasteiger partial charge is 0.387 e. The number of alkyl halides is 2. The topological polar surface area (TPSA) is 35.3 Å². The third kappa shape index (κ3) is 3.77. The second-order valence-electron chi connectivity index (χ2n) is 3.74. The van der Waals surface area contributed by atoms with Crippen LogP contribution in [0.15, 0.2) is 54.6 Å². The Hall–Kier alpha value is -2.43. The van der Waals surface area contributed by atoms with Crippen molar-refractivity contribution in [1.82, 2.24) is 0 Å². The number of benzene rings is 2. The van der Waals surface area contributed by atoms with E-state index < -0.39 is 6.61 Å². The quantitative estimate of drug-likeness (QED) is 0.366. The minimum Gasteiger partial charge on any atom is -0.618 e. The van der Waals surface area contributed by atoms with E-state index in [2.05, 4.69) is 4.74 Å². The highest BCUT2D eigenvalue weighted by Gasteiger charge is 2.04. The van der Waals surface area contributed by atoms with Crippen LogP contribution in [0.3, 0.4) is 0 Å². The molecule has 19 heavy (non-hydrogen) atoms. The molecule has 0 aliphatic rings. The molecule has 0 heterocycles. The third-order valence-electron chi connectivity index (χ3n) is 2.38. The maximum atomic E-state index is 12.0. The van der Waals surface area contributed by atoms with Crippen LogP contribution >= 0.6 is 0 Å². The second-order valence-corrected chi connectivity index (χ2v) is 3.74. The lowest BCUT2D eigenvalue weighted by Crippen LogP contribution is -2.02. The van der Waals surface area contributed by atoms with E-state index in [1.54, 1.807) is 24.3 Å². The van der Waals surface area contributed by atoms with Gasteiger partial charge in [0.15, 0.2) is 6.21 Å². The minimum absolute atomic E-state index is 0.0595. The van der Waals surface area contributed by atoms with Gasteiger partial charge in [-0.1, -0.05) is 18.2 Å². The van der Waals surface area contributed by atoms with Gasteiger partial charge in [0.1, 0.15) is 5.75 Å². The molecule has 5 heteroatoms. The van der Waals surface area contributed by atoms with E-state index in [4.69, 9.17) is 0 Å². The zero-order valence-corrected chi connectivity index (χ0v) is 9.87. The Morgan fingerprint density at radius 1 is 1.00 bits per heavy atom. The predicted molar refractivity (Wildman–Crippen MR) is 68.0 cm³/mol. The molecule has 0 unspecified atom stereocenters. The van der Waals surface area contributed by atoms with Crippen molar-refractivity contribution < 1.29 is 18.3 Å². The van der Waals surface area contributed by atoms with Gasteiger partial charge in [-0.05, 0) is 24.3 Å². The van der Waals surface area contributed by atoms with Crippen molar-refractivity contribution in [3.8, 4) is 5.75 Å². The Bertz CT molecular complexity index is 553. The van der Waals surface area contributed by atoms with Crippen LogP contribution in [0.5, 0.6) is 5.75 Å². The van der Waals surface area contributed by atoms with Gasteiger partial charge in [0, 0.05) is 17.7 Å². The standard InChI is InChI=1S/C14H11F2NO2/c15-14(16)19-13-8-6-11(7-9-13)10-17(18)12-4-2-1-3-5-12/h1-10,14H. The Labute approximate surface area is 109 Å². The van der Waals surface area contributed by atoms with Crippen molar-refractivity contribution in [2.45, 2.75) is 6.61 Å². The summed E-state index contributed by atoms with van der Waals surface area (Å²) in [5.74, 6) is 0.0595. The molecular weight excluding hydrogens is 252 g/mol. The molecule has 0 radical (unpaired) electrons. The number of hydrogen-bond acceptors (Lipinski definition) is 2. The van der Waals surface area contributed by atoms with Crippen LogP contribution in [0, 0.1) is 5.21 Å². The zero-order valence-electron chi connectivity index (χ0n) is 9.87. The van der Waals surface area contributed by atoms with Gasteiger partial charge >= 0.3 is 6.61 Å². The monoisotopic (exact) mass is 263 g/mol. The molecule has 0 amide bonds. The van der Waals surface area contributed by atoms with Crippen LogP contribution in [-0.2, 0) is 0 Å². The fraction of sp³-hybridized carbons (Fsp3) is 0.0714.